The summed E-state index contributed by atoms with van der Waals surface area (Å²) in [5.41, 5.74) is 9.39. The molecule has 6 aromatic carbocycles. The summed E-state index contributed by atoms with van der Waals surface area (Å²) in [6.07, 6.45) is 3.72. The Hall–Kier alpha value is -6.69. The van der Waals surface area contributed by atoms with Crippen molar-refractivity contribution in [2.45, 2.75) is 26.2 Å². The molecule has 0 radical (unpaired) electrons. The molecule has 0 N–H and O–H groups in total. The number of fused-ring (bicyclic) bond motifs is 7. The molecule has 5 heterocycles. The second-order valence-electron chi connectivity index (χ2n) is 15.7. The Morgan fingerprint density at radius 1 is 0.542 bits per heavy atom. The van der Waals surface area contributed by atoms with Crippen molar-refractivity contribution < 1.29 is 25.8 Å². The monoisotopic (exact) mass is 944 g/mol. The molecule has 8 heteroatoms. The number of nitrogens with zero attached hydrogens (tertiary/aromatic N) is 6. The first-order valence-electron chi connectivity index (χ1n) is 19.5. The zero-order valence-corrected chi connectivity index (χ0v) is 34.8. The van der Waals surface area contributed by atoms with Gasteiger partial charge in [-0.15, -0.1) is 42.4 Å². The molecule has 1 aliphatic heterocycles. The third kappa shape index (κ3) is 6.16. The van der Waals surface area contributed by atoms with Gasteiger partial charge in [0.1, 0.15) is 11.6 Å². The molecule has 10 aromatic rings. The van der Waals surface area contributed by atoms with E-state index in [1.165, 1.54) is 21.9 Å². The number of rotatable bonds is 6. The van der Waals surface area contributed by atoms with Gasteiger partial charge < -0.3 is 23.7 Å². The first-order valence-corrected chi connectivity index (χ1v) is 19.5. The topological polar surface area (TPSA) is 51.4 Å². The summed E-state index contributed by atoms with van der Waals surface area (Å²) in [5, 5.41) is 4.64. The molecule has 0 amide bonds. The third-order valence-electron chi connectivity index (χ3n) is 11.1. The van der Waals surface area contributed by atoms with E-state index in [1.54, 1.807) is 0 Å². The van der Waals surface area contributed by atoms with E-state index in [1.807, 2.05) is 42.7 Å². The van der Waals surface area contributed by atoms with Gasteiger partial charge in [-0.1, -0.05) is 92.6 Å². The summed E-state index contributed by atoms with van der Waals surface area (Å²) >= 11 is 0. The Labute approximate surface area is 357 Å². The first-order chi connectivity index (χ1) is 28.4. The van der Waals surface area contributed by atoms with Crippen LogP contribution in [0, 0.1) is 18.8 Å². The number of hydrogen-bond donors (Lipinski definition) is 0. The molecular weight excluding hydrogens is 908 g/mol. The molecule has 0 fully saturated rings. The number of hydrogen-bond acceptors (Lipinski definition) is 5. The first kappa shape index (κ1) is 36.6. The summed E-state index contributed by atoms with van der Waals surface area (Å²) in [7, 11) is 0. The molecule has 0 spiro atoms. The molecule has 4 aromatic heterocycles. The summed E-state index contributed by atoms with van der Waals surface area (Å²) in [6, 6.07) is 59.7. The minimum absolute atomic E-state index is 0. The van der Waals surface area contributed by atoms with Crippen molar-refractivity contribution in [1.29, 1.82) is 0 Å². The van der Waals surface area contributed by atoms with Gasteiger partial charge in [-0.2, -0.15) is 12.1 Å². The van der Waals surface area contributed by atoms with Crippen molar-refractivity contribution in [3.63, 3.8) is 0 Å². The van der Waals surface area contributed by atoms with Gasteiger partial charge in [0.25, 0.3) is 0 Å². The van der Waals surface area contributed by atoms with Crippen molar-refractivity contribution in [1.82, 2.24) is 19.1 Å². The van der Waals surface area contributed by atoms with E-state index in [-0.39, 0.29) is 26.5 Å². The molecule has 0 bridgehead atoms. The molecule has 0 unspecified atom stereocenters. The fourth-order valence-electron chi connectivity index (χ4n) is 8.27. The van der Waals surface area contributed by atoms with E-state index in [9.17, 15) is 0 Å². The Morgan fingerprint density at radius 2 is 1.25 bits per heavy atom. The van der Waals surface area contributed by atoms with Crippen molar-refractivity contribution in [2.24, 2.45) is 0 Å². The predicted molar refractivity (Wildman–Crippen MR) is 235 cm³/mol. The summed E-state index contributed by atoms with van der Waals surface area (Å²) < 4.78 is 11.1. The average molecular weight is 945 g/mol. The van der Waals surface area contributed by atoms with E-state index >= 15 is 0 Å². The maximum Gasteiger partial charge on any atom is 0.135 e. The van der Waals surface area contributed by atoms with E-state index in [2.05, 4.69) is 180 Å². The smallest absolute Gasteiger partial charge is 0.135 e. The van der Waals surface area contributed by atoms with E-state index in [0.29, 0.717) is 11.5 Å². The number of aromatic nitrogens is 4. The molecule has 0 saturated heterocycles. The van der Waals surface area contributed by atoms with Gasteiger partial charge in [-0.3, -0.25) is 0 Å². The molecule has 290 valence electrons. The Balaban J connectivity index is 0.00000420. The van der Waals surface area contributed by atoms with Gasteiger partial charge >= 0.3 is 0 Å². The minimum Gasteiger partial charge on any atom is -0.509 e. The van der Waals surface area contributed by atoms with E-state index in [0.717, 1.165) is 61.7 Å². The normalized spacial score (nSPS) is 12.7. The standard InChI is InChI=1S/C51H37N6O.Pt/c1-51(2,3)34-26-28-52-49(29-34)57-45-20-10-8-18-41(45)43-25-23-39(32-48(43)57)58-38-16-11-15-36(30-38)55-33-54(46-21-12-27-53-50(46)55)37-22-24-42-40-17-7-9-19-44(40)56(47(42)31-37)35-13-5-4-6-14-35;/h4-29,31,33H,1-3H3;/q-3;. The van der Waals surface area contributed by atoms with Crippen LogP contribution in [-0.2, 0) is 26.5 Å². The fraction of sp³-hybridized carbons (Fsp3) is 0.0784. The van der Waals surface area contributed by atoms with Crippen LogP contribution in [-0.4, -0.2) is 19.1 Å². The summed E-state index contributed by atoms with van der Waals surface area (Å²) in [4.78, 5) is 13.9. The van der Waals surface area contributed by atoms with Crippen LogP contribution in [0.5, 0.6) is 11.5 Å². The minimum atomic E-state index is -0.0214. The predicted octanol–water partition coefficient (Wildman–Crippen LogP) is 12.8. The molecule has 0 saturated carbocycles. The molecule has 11 rings (SSSR count). The van der Waals surface area contributed by atoms with Crippen LogP contribution in [0.2, 0.25) is 0 Å². The summed E-state index contributed by atoms with van der Waals surface area (Å²) in [6.45, 7) is 8.74. The summed E-state index contributed by atoms with van der Waals surface area (Å²) in [5.74, 6) is 2.81. The van der Waals surface area contributed by atoms with Crippen LogP contribution < -0.4 is 14.5 Å². The quantitative estimate of drug-likeness (QED) is 0.156. The van der Waals surface area contributed by atoms with Crippen LogP contribution in [0.1, 0.15) is 26.3 Å². The Kier molecular flexibility index (Phi) is 8.88. The fourth-order valence-corrected chi connectivity index (χ4v) is 8.27. The number of ether oxygens (including phenoxy) is 1. The van der Waals surface area contributed by atoms with E-state index in [4.69, 9.17) is 14.7 Å². The van der Waals surface area contributed by atoms with Crippen LogP contribution in [0.3, 0.4) is 0 Å². The maximum absolute atomic E-state index is 6.56. The number of pyridine rings is 2. The Bertz CT molecular complexity index is 3200. The van der Waals surface area contributed by atoms with Gasteiger partial charge in [0, 0.05) is 72.6 Å². The zero-order chi connectivity index (χ0) is 39.0. The van der Waals surface area contributed by atoms with Crippen molar-refractivity contribution in [3.8, 4) is 23.0 Å². The van der Waals surface area contributed by atoms with Crippen molar-refractivity contribution in [3.05, 3.63) is 188 Å². The van der Waals surface area contributed by atoms with E-state index < -0.39 is 0 Å². The third-order valence-corrected chi connectivity index (χ3v) is 11.1. The average Bonchev–Trinajstić information content (AvgIpc) is 3.91. The van der Waals surface area contributed by atoms with Crippen LogP contribution in [0.15, 0.2) is 164 Å². The maximum atomic E-state index is 6.56. The van der Waals surface area contributed by atoms with Crippen molar-refractivity contribution in [2.75, 3.05) is 9.80 Å². The number of anilines is 4. The zero-order valence-electron chi connectivity index (χ0n) is 32.6. The number of para-hydroxylation sites is 3. The van der Waals surface area contributed by atoms with Gasteiger partial charge in [-0.05, 0) is 77.0 Å². The van der Waals surface area contributed by atoms with Gasteiger partial charge in [0.15, 0.2) is 0 Å². The largest absolute Gasteiger partial charge is 0.509 e. The van der Waals surface area contributed by atoms with Gasteiger partial charge in [-0.25, -0.2) is 9.97 Å². The molecule has 7 nitrogen and oxygen atoms in total. The van der Waals surface area contributed by atoms with Gasteiger partial charge in [0.05, 0.1) is 16.7 Å². The SMILES string of the molecule is CC(C)(C)c1ccnc(-n2c3[c-]c(Oc4[c-]c(N5[CH-]N(c6ccc7c8ccccc8n(-c8ccccc8)c7c6)c6cccnc65)ccc4)ccc3c3ccccc32)c1.[Pt]. The molecule has 1 aliphatic rings. The second-order valence-corrected chi connectivity index (χ2v) is 15.7. The molecule has 0 aliphatic carbocycles. The number of benzene rings is 6. The molecule has 0 atom stereocenters. The van der Waals surface area contributed by atoms with Crippen LogP contribution in [0.25, 0.3) is 55.1 Å². The van der Waals surface area contributed by atoms with Crippen LogP contribution in [0.4, 0.5) is 22.9 Å². The Morgan fingerprint density at radius 3 is 2.07 bits per heavy atom. The molecular formula is C51H37N6OPt-3. The second kappa shape index (κ2) is 14.3. The van der Waals surface area contributed by atoms with Crippen molar-refractivity contribution >= 4 is 66.5 Å². The van der Waals surface area contributed by atoms with Gasteiger partial charge in [0.2, 0.25) is 0 Å². The van der Waals surface area contributed by atoms with Crippen LogP contribution >= 0.6 is 0 Å². The molecule has 59 heavy (non-hydrogen) atoms.